The average Bonchev–Trinajstić information content (AvgIpc) is 3.33. The van der Waals surface area contributed by atoms with Gasteiger partial charge in [-0.1, -0.05) is 13.8 Å². The van der Waals surface area contributed by atoms with E-state index in [1.165, 1.54) is 21.3 Å². The monoisotopic (exact) mass is 511 g/mol. The summed E-state index contributed by atoms with van der Waals surface area (Å²) in [6.45, 7) is 9.99. The van der Waals surface area contributed by atoms with E-state index in [1.807, 2.05) is 13.8 Å². The van der Waals surface area contributed by atoms with Crippen LogP contribution in [0.1, 0.15) is 53.9 Å². The molecule has 1 N–H and O–H groups in total. The lowest BCUT2D eigenvalue weighted by Gasteiger charge is -2.32. The molecule has 0 unspecified atom stereocenters. The summed E-state index contributed by atoms with van der Waals surface area (Å²) in [7, 11) is -2.17. The normalized spacial score (nSPS) is 23.7. The smallest absolute Gasteiger partial charge is 0.410 e. The number of amides is 2. The number of likely N-dealkylation sites (N-methyl/N-ethyl adjacent to an activating group) is 1. The van der Waals surface area contributed by atoms with Crippen molar-refractivity contribution in [2.75, 3.05) is 20.1 Å². The van der Waals surface area contributed by atoms with Crippen LogP contribution < -0.4 is 5.32 Å². The molecule has 1 aromatic carbocycles. The van der Waals surface area contributed by atoms with Crippen molar-refractivity contribution in [1.29, 1.82) is 0 Å². The summed E-state index contributed by atoms with van der Waals surface area (Å²) in [5.41, 5.74) is -0.674. The number of carbonyl (C=O) groups is 2. The molecular formula is C25H38FN3O5S. The van der Waals surface area contributed by atoms with Crippen molar-refractivity contribution in [3.05, 3.63) is 30.1 Å². The molecule has 2 aliphatic rings. The van der Waals surface area contributed by atoms with Gasteiger partial charge < -0.3 is 10.1 Å². The SMILES string of the molecule is CC(C)C[C@@H](C(=O)N[C@@H]1CC[C@H]2CN(S(=O)(=O)c3ccc(F)cc3)C[C@H]21)N(C)C(=O)OC(C)(C)C. The van der Waals surface area contributed by atoms with Gasteiger partial charge in [-0.3, -0.25) is 9.69 Å². The largest absolute Gasteiger partial charge is 0.444 e. The predicted molar refractivity (Wildman–Crippen MR) is 131 cm³/mol. The second kappa shape index (κ2) is 10.4. The molecule has 1 heterocycles. The van der Waals surface area contributed by atoms with Gasteiger partial charge >= 0.3 is 6.09 Å². The second-order valence-electron chi connectivity index (χ2n) is 11.1. The molecule has 0 aromatic heterocycles. The number of halogens is 1. The maximum atomic E-state index is 13.3. The summed E-state index contributed by atoms with van der Waals surface area (Å²) < 4.78 is 46.3. The first-order valence-corrected chi connectivity index (χ1v) is 13.6. The van der Waals surface area contributed by atoms with Crippen LogP contribution in [0.2, 0.25) is 0 Å². The zero-order valence-electron chi connectivity index (χ0n) is 21.5. The van der Waals surface area contributed by atoms with Gasteiger partial charge in [-0.2, -0.15) is 4.31 Å². The molecule has 0 spiro atoms. The zero-order valence-corrected chi connectivity index (χ0v) is 22.3. The van der Waals surface area contributed by atoms with Crippen molar-refractivity contribution in [2.24, 2.45) is 17.8 Å². The van der Waals surface area contributed by atoms with Crippen molar-refractivity contribution in [2.45, 2.75) is 76.5 Å². The number of rotatable bonds is 7. The third-order valence-electron chi connectivity index (χ3n) is 6.75. The fraction of sp³-hybridized carbons (Fsp3) is 0.680. The van der Waals surface area contributed by atoms with Crippen molar-refractivity contribution in [1.82, 2.24) is 14.5 Å². The highest BCUT2D eigenvalue weighted by Crippen LogP contribution is 2.40. The van der Waals surface area contributed by atoms with Gasteiger partial charge in [0.15, 0.2) is 0 Å². The molecule has 8 nitrogen and oxygen atoms in total. The van der Waals surface area contributed by atoms with Crippen molar-refractivity contribution in [3.63, 3.8) is 0 Å². The summed E-state index contributed by atoms with van der Waals surface area (Å²) in [6, 6.07) is 3.97. The molecule has 2 amide bonds. The van der Waals surface area contributed by atoms with Crippen LogP contribution in [0.3, 0.4) is 0 Å². The Labute approximate surface area is 208 Å². The van der Waals surface area contributed by atoms with Crippen LogP contribution >= 0.6 is 0 Å². The fourth-order valence-electron chi connectivity index (χ4n) is 4.98. The van der Waals surface area contributed by atoms with Crippen molar-refractivity contribution < 1.29 is 27.1 Å². The van der Waals surface area contributed by atoms with Crippen molar-refractivity contribution >= 4 is 22.0 Å². The number of nitrogens with zero attached hydrogens (tertiary/aromatic N) is 2. The van der Waals surface area contributed by atoms with Gasteiger partial charge in [0.2, 0.25) is 15.9 Å². The number of hydrogen-bond acceptors (Lipinski definition) is 5. The average molecular weight is 512 g/mol. The molecule has 0 radical (unpaired) electrons. The maximum absolute atomic E-state index is 13.3. The Bertz CT molecular complexity index is 1020. The summed E-state index contributed by atoms with van der Waals surface area (Å²) in [5.74, 6) is -0.437. The van der Waals surface area contributed by atoms with E-state index in [0.29, 0.717) is 19.5 Å². The summed E-state index contributed by atoms with van der Waals surface area (Å²) in [6.07, 6.45) is 1.49. The third-order valence-corrected chi connectivity index (χ3v) is 8.59. The Morgan fingerprint density at radius 3 is 2.37 bits per heavy atom. The number of ether oxygens (including phenoxy) is 1. The number of sulfonamides is 1. The molecule has 10 heteroatoms. The van der Waals surface area contributed by atoms with Crippen LogP contribution in [0.15, 0.2) is 29.2 Å². The molecule has 0 bridgehead atoms. The molecule has 196 valence electrons. The van der Waals surface area contributed by atoms with Gasteiger partial charge in [0.05, 0.1) is 4.90 Å². The van der Waals surface area contributed by atoms with Gasteiger partial charge in [0.1, 0.15) is 17.5 Å². The number of hydrogen-bond donors (Lipinski definition) is 1. The van der Waals surface area contributed by atoms with E-state index < -0.39 is 33.6 Å². The highest BCUT2D eigenvalue weighted by molar-refractivity contribution is 7.89. The predicted octanol–water partition coefficient (Wildman–Crippen LogP) is 3.62. The van der Waals surface area contributed by atoms with Gasteiger partial charge in [0, 0.05) is 26.2 Å². The lowest BCUT2D eigenvalue weighted by atomic mass is 9.96. The molecule has 1 aliphatic heterocycles. The first-order valence-electron chi connectivity index (χ1n) is 12.2. The first-order chi connectivity index (χ1) is 16.2. The fourth-order valence-corrected chi connectivity index (χ4v) is 6.52. The molecule has 4 atom stereocenters. The van der Waals surface area contributed by atoms with Crippen LogP contribution in [0.5, 0.6) is 0 Å². The summed E-state index contributed by atoms with van der Waals surface area (Å²) >= 11 is 0. The number of fused-ring (bicyclic) bond motifs is 1. The Balaban J connectivity index is 1.69. The lowest BCUT2D eigenvalue weighted by Crippen LogP contribution is -2.52. The molecular weight excluding hydrogens is 473 g/mol. The van der Waals surface area contributed by atoms with Crippen LogP contribution in [-0.2, 0) is 19.6 Å². The number of benzene rings is 1. The summed E-state index contributed by atoms with van der Waals surface area (Å²) in [4.78, 5) is 27.4. The topological polar surface area (TPSA) is 96.0 Å². The molecule has 35 heavy (non-hydrogen) atoms. The van der Waals surface area contributed by atoms with Gasteiger partial charge in [-0.25, -0.2) is 17.6 Å². The minimum Gasteiger partial charge on any atom is -0.444 e. The van der Waals surface area contributed by atoms with E-state index >= 15 is 0 Å². The van der Waals surface area contributed by atoms with E-state index in [1.54, 1.807) is 27.8 Å². The third kappa shape index (κ3) is 6.52. The molecule has 1 aromatic rings. The molecule has 1 saturated heterocycles. The summed E-state index contributed by atoms with van der Waals surface area (Å²) in [5, 5.41) is 3.11. The molecule has 1 saturated carbocycles. The highest BCUT2D eigenvalue weighted by atomic mass is 32.2. The van der Waals surface area contributed by atoms with Crippen molar-refractivity contribution in [3.8, 4) is 0 Å². The maximum Gasteiger partial charge on any atom is 0.410 e. The second-order valence-corrected chi connectivity index (χ2v) is 13.1. The van der Waals surface area contributed by atoms with E-state index in [-0.39, 0.29) is 34.6 Å². The number of nitrogens with one attached hydrogen (secondary N) is 1. The Morgan fingerprint density at radius 2 is 1.80 bits per heavy atom. The van der Waals surface area contributed by atoms with E-state index in [0.717, 1.165) is 25.0 Å². The van der Waals surface area contributed by atoms with E-state index in [9.17, 15) is 22.4 Å². The lowest BCUT2D eigenvalue weighted by molar-refractivity contribution is -0.127. The first kappa shape index (κ1) is 27.4. The standard InChI is InChI=1S/C25H38FN3O5S/c1-16(2)13-22(28(6)24(31)34-25(3,4)5)23(30)27-21-12-7-17-14-29(15-20(17)21)35(32,33)19-10-8-18(26)9-11-19/h8-11,16-17,20-22H,7,12-15H2,1-6H3,(H,27,30)/t17-,20+,21+,22-/m0/s1. The van der Waals surface area contributed by atoms with E-state index in [4.69, 9.17) is 4.74 Å². The minimum atomic E-state index is -3.74. The minimum absolute atomic E-state index is 0.0132. The van der Waals surface area contributed by atoms with Crippen LogP contribution in [-0.4, -0.2) is 67.4 Å². The van der Waals surface area contributed by atoms with Crippen LogP contribution in [0.4, 0.5) is 9.18 Å². The molecule has 2 fully saturated rings. The quantitative estimate of drug-likeness (QED) is 0.603. The Hall–Kier alpha value is -2.20. The zero-order chi connectivity index (χ0) is 26.1. The molecule has 3 rings (SSSR count). The van der Waals surface area contributed by atoms with Gasteiger partial charge in [-0.05, 0) is 82.1 Å². The van der Waals surface area contributed by atoms with Gasteiger partial charge in [-0.15, -0.1) is 0 Å². The van der Waals surface area contributed by atoms with Gasteiger partial charge in [0.25, 0.3) is 0 Å². The number of carbonyl (C=O) groups excluding carboxylic acids is 2. The molecule has 1 aliphatic carbocycles. The van der Waals surface area contributed by atoms with Crippen LogP contribution in [0, 0.1) is 23.6 Å². The van der Waals surface area contributed by atoms with Crippen LogP contribution in [0.25, 0.3) is 0 Å². The highest BCUT2D eigenvalue weighted by Gasteiger charge is 2.47. The Morgan fingerprint density at radius 1 is 1.17 bits per heavy atom. The Kier molecular flexibility index (Phi) is 8.16. The van der Waals surface area contributed by atoms with E-state index in [2.05, 4.69) is 5.32 Å².